The van der Waals surface area contributed by atoms with E-state index in [1.165, 1.54) is 31.3 Å². The molecule has 2 amide bonds. The van der Waals surface area contributed by atoms with Crippen LogP contribution in [0.4, 0.5) is 5.69 Å². The monoisotopic (exact) mass is 635 g/mol. The summed E-state index contributed by atoms with van der Waals surface area (Å²) in [5.41, 5.74) is 1.58. The van der Waals surface area contributed by atoms with Gasteiger partial charge in [0.05, 0.1) is 36.2 Å². The molecule has 0 heterocycles. The lowest BCUT2D eigenvalue weighted by atomic mass is 10.0. The molecule has 0 radical (unpaired) electrons. The van der Waals surface area contributed by atoms with E-state index in [0.29, 0.717) is 16.3 Å². The van der Waals surface area contributed by atoms with Crippen molar-refractivity contribution in [3.8, 4) is 11.5 Å². The quantitative estimate of drug-likeness (QED) is 0.285. The first-order valence-corrected chi connectivity index (χ1v) is 15.7. The number of rotatable bonds is 13. The maximum absolute atomic E-state index is 14.2. The zero-order valence-corrected chi connectivity index (χ0v) is 26.5. The van der Waals surface area contributed by atoms with Crippen molar-refractivity contribution in [3.05, 3.63) is 87.9 Å². The highest BCUT2D eigenvalue weighted by Gasteiger charge is 2.34. The van der Waals surface area contributed by atoms with Crippen molar-refractivity contribution in [2.75, 3.05) is 31.3 Å². The number of benzene rings is 3. The molecule has 9 nitrogen and oxygen atoms in total. The molecule has 0 aliphatic heterocycles. The second-order valence-electron chi connectivity index (χ2n) is 9.95. The Hall–Kier alpha value is -3.47. The third-order valence-electron chi connectivity index (χ3n) is 6.37. The zero-order valence-electron chi connectivity index (χ0n) is 24.1. The van der Waals surface area contributed by atoms with E-state index in [1.54, 1.807) is 24.3 Å². The van der Waals surface area contributed by atoms with Crippen LogP contribution in [0.15, 0.2) is 66.7 Å². The van der Waals surface area contributed by atoms with Gasteiger partial charge in [0.25, 0.3) is 0 Å². The van der Waals surface area contributed by atoms with Gasteiger partial charge < -0.3 is 19.7 Å². The first-order valence-electron chi connectivity index (χ1n) is 13.1. The van der Waals surface area contributed by atoms with Gasteiger partial charge in [-0.1, -0.05) is 59.6 Å². The van der Waals surface area contributed by atoms with Gasteiger partial charge in [0.1, 0.15) is 24.1 Å². The Kier molecular flexibility index (Phi) is 11.5. The third kappa shape index (κ3) is 8.77. The first kappa shape index (κ1) is 33.0. The zero-order chi connectivity index (χ0) is 31.0. The Bertz CT molecular complexity index is 1500. The third-order valence-corrected chi connectivity index (χ3v) is 8.24. The van der Waals surface area contributed by atoms with Gasteiger partial charge in [0.15, 0.2) is 0 Å². The van der Waals surface area contributed by atoms with Gasteiger partial charge in [-0.25, -0.2) is 8.42 Å². The highest BCUT2D eigenvalue weighted by atomic mass is 35.5. The van der Waals surface area contributed by atoms with Crippen LogP contribution in [0.3, 0.4) is 0 Å². The Balaban J connectivity index is 2.11. The molecule has 3 aromatic rings. The Morgan fingerprint density at radius 2 is 1.60 bits per heavy atom. The van der Waals surface area contributed by atoms with E-state index in [1.807, 2.05) is 44.2 Å². The minimum Gasteiger partial charge on any atom is -0.497 e. The number of methoxy groups -OCH3 is 2. The molecule has 0 saturated carbocycles. The van der Waals surface area contributed by atoms with Crippen molar-refractivity contribution in [3.63, 3.8) is 0 Å². The molecule has 1 unspecified atom stereocenters. The first-order chi connectivity index (χ1) is 19.8. The average Bonchev–Trinajstić information content (AvgIpc) is 2.94. The molecule has 0 spiro atoms. The lowest BCUT2D eigenvalue weighted by Gasteiger charge is -2.34. The topological polar surface area (TPSA) is 105 Å². The number of nitrogens with one attached hydrogen (secondary N) is 1. The summed E-state index contributed by atoms with van der Waals surface area (Å²) in [5.74, 6) is -0.341. The SMILES string of the molecule is COc1ccc(N(CC(=O)N(Cc2ccc(Cl)c(Cl)c2)C(Cc2ccccc2)C(=O)NC(C)C)S(C)(=O)=O)c(OC)c1. The normalized spacial score (nSPS) is 12.0. The van der Waals surface area contributed by atoms with E-state index in [0.717, 1.165) is 16.1 Å². The molecule has 0 aliphatic rings. The fraction of sp³-hybridized carbons (Fsp3) is 0.333. The summed E-state index contributed by atoms with van der Waals surface area (Å²) >= 11 is 12.4. The van der Waals surface area contributed by atoms with Gasteiger partial charge >= 0.3 is 0 Å². The van der Waals surface area contributed by atoms with Crippen molar-refractivity contribution in [1.29, 1.82) is 0 Å². The second kappa shape index (κ2) is 14.6. The molecule has 0 bridgehead atoms. The van der Waals surface area contributed by atoms with E-state index in [9.17, 15) is 18.0 Å². The van der Waals surface area contributed by atoms with Crippen molar-refractivity contribution in [2.24, 2.45) is 0 Å². The van der Waals surface area contributed by atoms with E-state index in [-0.39, 0.29) is 41.4 Å². The van der Waals surface area contributed by atoms with E-state index < -0.39 is 28.5 Å². The number of amides is 2. The van der Waals surface area contributed by atoms with Crippen molar-refractivity contribution in [2.45, 2.75) is 38.9 Å². The number of halogens is 2. The van der Waals surface area contributed by atoms with E-state index >= 15 is 0 Å². The number of sulfonamides is 1. The van der Waals surface area contributed by atoms with Crippen LogP contribution in [-0.2, 0) is 32.6 Å². The van der Waals surface area contributed by atoms with Gasteiger partial charge in [0.2, 0.25) is 21.8 Å². The molecule has 3 rings (SSSR count). The van der Waals surface area contributed by atoms with Gasteiger partial charge in [0, 0.05) is 25.1 Å². The second-order valence-corrected chi connectivity index (χ2v) is 12.7. The summed E-state index contributed by atoms with van der Waals surface area (Å²) in [7, 11) is -1.12. The molecule has 12 heteroatoms. The molecular weight excluding hydrogens is 601 g/mol. The predicted molar refractivity (Wildman–Crippen MR) is 166 cm³/mol. The molecule has 226 valence electrons. The fourth-order valence-corrected chi connectivity index (χ4v) is 5.53. The van der Waals surface area contributed by atoms with Gasteiger partial charge in [-0.2, -0.15) is 0 Å². The molecule has 0 fully saturated rings. The highest BCUT2D eigenvalue weighted by molar-refractivity contribution is 7.92. The molecule has 0 saturated heterocycles. The predicted octanol–water partition coefficient (Wildman–Crippen LogP) is 4.94. The van der Waals surface area contributed by atoms with E-state index in [2.05, 4.69) is 5.32 Å². The van der Waals surface area contributed by atoms with Crippen LogP contribution in [0.2, 0.25) is 10.0 Å². The molecule has 42 heavy (non-hydrogen) atoms. The number of carbonyl (C=O) groups excluding carboxylic acids is 2. The number of carbonyl (C=O) groups is 2. The Labute approximate surface area is 257 Å². The minimum absolute atomic E-state index is 0.0317. The number of hydrogen-bond acceptors (Lipinski definition) is 6. The van der Waals surface area contributed by atoms with Crippen molar-refractivity contribution < 1.29 is 27.5 Å². The summed E-state index contributed by atoms with van der Waals surface area (Å²) in [6.07, 6.45) is 1.19. The lowest BCUT2D eigenvalue weighted by Crippen LogP contribution is -2.54. The van der Waals surface area contributed by atoms with Gasteiger partial charge in [-0.05, 0) is 49.2 Å². The molecule has 0 aromatic heterocycles. The van der Waals surface area contributed by atoms with Crippen LogP contribution in [0.1, 0.15) is 25.0 Å². The molecule has 3 aromatic carbocycles. The van der Waals surface area contributed by atoms with Crippen LogP contribution < -0.4 is 19.1 Å². The number of hydrogen-bond donors (Lipinski definition) is 1. The van der Waals surface area contributed by atoms with Crippen molar-refractivity contribution in [1.82, 2.24) is 10.2 Å². The molecule has 1 atom stereocenters. The molecule has 1 N–H and O–H groups in total. The summed E-state index contributed by atoms with van der Waals surface area (Å²) in [5, 5.41) is 3.53. The van der Waals surface area contributed by atoms with E-state index in [4.69, 9.17) is 32.7 Å². The number of ether oxygens (including phenoxy) is 2. The van der Waals surface area contributed by atoms with Gasteiger partial charge in [-0.15, -0.1) is 0 Å². The average molecular weight is 637 g/mol. The number of nitrogens with zero attached hydrogens (tertiary/aromatic N) is 2. The maximum Gasteiger partial charge on any atom is 0.244 e. The highest BCUT2D eigenvalue weighted by Crippen LogP contribution is 2.34. The largest absolute Gasteiger partial charge is 0.497 e. The lowest BCUT2D eigenvalue weighted by molar-refractivity contribution is -0.140. The Morgan fingerprint density at radius 3 is 2.17 bits per heavy atom. The fourth-order valence-electron chi connectivity index (χ4n) is 4.36. The summed E-state index contributed by atoms with van der Waals surface area (Å²) in [6.45, 7) is 3.02. The van der Waals surface area contributed by atoms with Crippen LogP contribution in [0, 0.1) is 0 Å². The van der Waals surface area contributed by atoms with Crippen LogP contribution in [0.5, 0.6) is 11.5 Å². The van der Waals surface area contributed by atoms with Gasteiger partial charge in [-0.3, -0.25) is 13.9 Å². The van der Waals surface area contributed by atoms with Crippen LogP contribution >= 0.6 is 23.2 Å². The van der Waals surface area contributed by atoms with Crippen LogP contribution in [-0.4, -0.2) is 64.2 Å². The standard InChI is InChI=1S/C30H35Cl2N3O6S/c1-20(2)33-30(37)27(16-21-9-7-6-8-10-21)34(18-22-11-13-24(31)25(32)15-22)29(36)19-35(42(5,38)39)26-14-12-23(40-3)17-28(26)41-4/h6-15,17,20,27H,16,18-19H2,1-5H3,(H,33,37). The summed E-state index contributed by atoms with van der Waals surface area (Å²) in [6, 6.07) is 17.6. The smallest absolute Gasteiger partial charge is 0.244 e. The summed E-state index contributed by atoms with van der Waals surface area (Å²) in [4.78, 5) is 29.2. The number of anilines is 1. The van der Waals surface area contributed by atoms with Crippen LogP contribution in [0.25, 0.3) is 0 Å². The maximum atomic E-state index is 14.2. The van der Waals surface area contributed by atoms with Crippen molar-refractivity contribution >= 4 is 50.7 Å². The molecule has 0 aliphatic carbocycles. The minimum atomic E-state index is -3.98. The molecular formula is C30H35Cl2N3O6S. The Morgan fingerprint density at radius 1 is 0.905 bits per heavy atom. The summed E-state index contributed by atoms with van der Waals surface area (Å²) < 4.78 is 37.7.